The minimum Gasteiger partial charge on any atom is -0.301 e. The van der Waals surface area contributed by atoms with Crippen molar-refractivity contribution in [2.75, 3.05) is 11.1 Å². The Bertz CT molecular complexity index is 1170. The summed E-state index contributed by atoms with van der Waals surface area (Å²) >= 11 is 2.69. The first-order valence-electron chi connectivity index (χ1n) is 9.82. The van der Waals surface area contributed by atoms with Crippen LogP contribution in [0.15, 0.2) is 65.1 Å². The van der Waals surface area contributed by atoms with Gasteiger partial charge in [-0.1, -0.05) is 79.4 Å². The van der Waals surface area contributed by atoms with E-state index in [1.165, 1.54) is 28.7 Å². The van der Waals surface area contributed by atoms with Crippen molar-refractivity contribution >= 4 is 46.3 Å². The minimum absolute atomic E-state index is 0.140. The van der Waals surface area contributed by atoms with Crippen LogP contribution < -0.4 is 5.32 Å². The lowest BCUT2D eigenvalue weighted by Crippen LogP contribution is -2.13. The molecule has 4 rings (SSSR count). The maximum absolute atomic E-state index is 12.3. The number of thiazole rings is 1. The zero-order valence-corrected chi connectivity index (χ0v) is 18.5. The normalized spacial score (nSPS) is 11.1. The van der Waals surface area contributed by atoms with Crippen LogP contribution in [0.1, 0.15) is 23.9 Å². The Kier molecular flexibility index (Phi) is 6.91. The number of carbonyl (C=O) groups excluding carboxylic acids is 1. The van der Waals surface area contributed by atoms with Crippen molar-refractivity contribution in [3.05, 3.63) is 76.9 Å². The molecule has 4 aromatic rings. The summed E-state index contributed by atoms with van der Waals surface area (Å²) in [4.78, 5) is 21.2. The van der Waals surface area contributed by atoms with Crippen LogP contribution in [0.3, 0.4) is 0 Å². The fourth-order valence-corrected chi connectivity index (χ4v) is 4.14. The van der Waals surface area contributed by atoms with E-state index >= 15 is 0 Å². The number of aryl methyl sites for hydroxylation is 1. The molecule has 8 heteroatoms. The zero-order chi connectivity index (χ0) is 21.5. The molecule has 0 aliphatic heterocycles. The van der Waals surface area contributed by atoms with Crippen LogP contribution in [0.2, 0.25) is 0 Å². The number of hydrogen-bond acceptors (Lipinski definition) is 6. The van der Waals surface area contributed by atoms with Gasteiger partial charge in [-0.05, 0) is 23.6 Å². The number of rotatable bonds is 8. The van der Waals surface area contributed by atoms with Crippen molar-refractivity contribution in [1.82, 2.24) is 20.2 Å². The highest BCUT2D eigenvalue weighted by molar-refractivity contribution is 7.99. The molecule has 156 valence electrons. The number of amides is 1. The summed E-state index contributed by atoms with van der Waals surface area (Å²) < 4.78 is 0. The molecule has 2 aromatic heterocycles. The van der Waals surface area contributed by atoms with Crippen LogP contribution in [-0.2, 0) is 11.2 Å². The number of aromatic nitrogens is 4. The summed E-state index contributed by atoms with van der Waals surface area (Å²) in [6, 6.07) is 18.3. The molecule has 0 aliphatic carbocycles. The lowest BCUT2D eigenvalue weighted by molar-refractivity contribution is -0.113. The number of nitrogens with one attached hydrogen (secondary N) is 2. The van der Waals surface area contributed by atoms with Crippen molar-refractivity contribution in [3.63, 3.8) is 0 Å². The summed E-state index contributed by atoms with van der Waals surface area (Å²) in [5.74, 6) is 0.712. The quantitative estimate of drug-likeness (QED) is 0.354. The molecule has 0 saturated carbocycles. The lowest BCUT2D eigenvalue weighted by atomic mass is 10.1. The second-order valence-electron chi connectivity index (χ2n) is 6.67. The number of carbonyl (C=O) groups is 1. The van der Waals surface area contributed by atoms with Gasteiger partial charge in [-0.2, -0.15) is 0 Å². The number of aromatic amines is 1. The van der Waals surface area contributed by atoms with E-state index in [1.807, 2.05) is 47.9 Å². The highest BCUT2D eigenvalue weighted by atomic mass is 32.2. The van der Waals surface area contributed by atoms with Gasteiger partial charge in [0.25, 0.3) is 0 Å². The Morgan fingerprint density at radius 1 is 1.10 bits per heavy atom. The third kappa shape index (κ3) is 5.90. The van der Waals surface area contributed by atoms with Gasteiger partial charge in [-0.25, -0.2) is 9.97 Å². The predicted octanol–water partition coefficient (Wildman–Crippen LogP) is 5.39. The van der Waals surface area contributed by atoms with Crippen molar-refractivity contribution in [1.29, 1.82) is 0 Å². The van der Waals surface area contributed by atoms with Crippen LogP contribution in [-0.4, -0.2) is 31.8 Å². The van der Waals surface area contributed by atoms with E-state index < -0.39 is 0 Å². The van der Waals surface area contributed by atoms with Gasteiger partial charge in [0.15, 0.2) is 5.13 Å². The maximum atomic E-state index is 12.3. The second kappa shape index (κ2) is 10.2. The van der Waals surface area contributed by atoms with Crippen LogP contribution in [0.25, 0.3) is 23.4 Å². The molecule has 0 saturated heterocycles. The molecule has 0 spiro atoms. The van der Waals surface area contributed by atoms with E-state index in [1.54, 1.807) is 0 Å². The third-order valence-electron chi connectivity index (χ3n) is 4.46. The Labute approximate surface area is 188 Å². The maximum Gasteiger partial charge on any atom is 0.236 e. The SMILES string of the molecule is CCc1ccc(-c2csc(NC(=O)CSc3n[nH]c(/C=C/c4ccccc4)n3)n2)cc1. The number of nitrogens with zero attached hydrogens (tertiary/aromatic N) is 3. The molecule has 2 N–H and O–H groups in total. The summed E-state index contributed by atoms with van der Waals surface area (Å²) in [5.41, 5.74) is 4.27. The Morgan fingerprint density at radius 2 is 1.90 bits per heavy atom. The molecule has 0 fully saturated rings. The smallest absolute Gasteiger partial charge is 0.236 e. The van der Waals surface area contributed by atoms with Crippen LogP contribution in [0, 0.1) is 0 Å². The number of hydrogen-bond donors (Lipinski definition) is 2. The van der Waals surface area contributed by atoms with E-state index in [0.29, 0.717) is 16.1 Å². The van der Waals surface area contributed by atoms with Crippen LogP contribution in [0.4, 0.5) is 5.13 Å². The first-order valence-corrected chi connectivity index (χ1v) is 11.7. The molecule has 0 atom stereocenters. The molecule has 2 aromatic carbocycles. The zero-order valence-electron chi connectivity index (χ0n) is 16.9. The highest BCUT2D eigenvalue weighted by Crippen LogP contribution is 2.25. The molecule has 1 amide bonds. The van der Waals surface area contributed by atoms with Crippen molar-refractivity contribution in [2.24, 2.45) is 0 Å². The van der Waals surface area contributed by atoms with Gasteiger partial charge in [0, 0.05) is 10.9 Å². The molecule has 2 heterocycles. The number of benzene rings is 2. The summed E-state index contributed by atoms with van der Waals surface area (Å²) in [6.45, 7) is 2.13. The first kappa shape index (κ1) is 21.0. The molecule has 31 heavy (non-hydrogen) atoms. The molecule has 0 aliphatic rings. The van der Waals surface area contributed by atoms with Crippen LogP contribution >= 0.6 is 23.1 Å². The molecule has 6 nitrogen and oxygen atoms in total. The van der Waals surface area contributed by atoms with E-state index in [-0.39, 0.29) is 11.7 Å². The number of anilines is 1. The van der Waals surface area contributed by atoms with E-state index in [0.717, 1.165) is 23.2 Å². The van der Waals surface area contributed by atoms with Crippen molar-refractivity contribution in [2.45, 2.75) is 18.5 Å². The van der Waals surface area contributed by atoms with Gasteiger partial charge in [-0.15, -0.1) is 16.4 Å². The van der Waals surface area contributed by atoms with Gasteiger partial charge in [0.2, 0.25) is 11.1 Å². The van der Waals surface area contributed by atoms with Crippen molar-refractivity contribution < 1.29 is 4.79 Å². The predicted molar refractivity (Wildman–Crippen MR) is 128 cm³/mol. The topological polar surface area (TPSA) is 83.6 Å². The molecule has 0 radical (unpaired) electrons. The van der Waals surface area contributed by atoms with Gasteiger partial charge < -0.3 is 5.32 Å². The van der Waals surface area contributed by atoms with Crippen molar-refractivity contribution in [3.8, 4) is 11.3 Å². The fraction of sp³-hybridized carbons (Fsp3) is 0.130. The van der Waals surface area contributed by atoms with Gasteiger partial charge in [0.1, 0.15) is 5.82 Å². The Balaban J connectivity index is 1.28. The van der Waals surface area contributed by atoms with Crippen LogP contribution in [0.5, 0.6) is 0 Å². The monoisotopic (exact) mass is 447 g/mol. The van der Waals surface area contributed by atoms with E-state index in [9.17, 15) is 4.79 Å². The Hall–Kier alpha value is -3.23. The van der Waals surface area contributed by atoms with E-state index in [4.69, 9.17) is 0 Å². The molecular weight excluding hydrogens is 426 g/mol. The summed E-state index contributed by atoms with van der Waals surface area (Å²) in [5, 5.41) is 12.9. The lowest BCUT2D eigenvalue weighted by Gasteiger charge is -2.00. The minimum atomic E-state index is -0.140. The Morgan fingerprint density at radius 3 is 2.68 bits per heavy atom. The second-order valence-corrected chi connectivity index (χ2v) is 8.47. The van der Waals surface area contributed by atoms with E-state index in [2.05, 4.69) is 56.7 Å². The fourth-order valence-electron chi connectivity index (χ4n) is 2.80. The largest absolute Gasteiger partial charge is 0.301 e. The summed E-state index contributed by atoms with van der Waals surface area (Å²) in [6.07, 6.45) is 4.82. The standard InChI is InChI=1S/C23H21N5OS2/c1-2-16-8-11-18(12-9-16)19-14-30-22(24-19)26-21(29)15-31-23-25-20(27-28-23)13-10-17-6-4-3-5-7-17/h3-14H,2,15H2,1H3,(H,24,26,29)(H,25,27,28)/b13-10+. The van der Waals surface area contributed by atoms with Gasteiger partial charge in [-0.3, -0.25) is 9.89 Å². The average Bonchev–Trinajstić information content (AvgIpc) is 3.47. The molecular formula is C23H21N5OS2. The molecule has 0 bridgehead atoms. The van der Waals surface area contributed by atoms with Gasteiger partial charge in [0.05, 0.1) is 11.4 Å². The molecule has 0 unspecified atom stereocenters. The number of thioether (sulfide) groups is 1. The summed E-state index contributed by atoms with van der Waals surface area (Å²) in [7, 11) is 0. The van der Waals surface area contributed by atoms with Gasteiger partial charge >= 0.3 is 0 Å². The third-order valence-corrected chi connectivity index (χ3v) is 6.06. The first-order chi connectivity index (χ1) is 15.2. The average molecular weight is 448 g/mol. The highest BCUT2D eigenvalue weighted by Gasteiger charge is 2.10. The number of H-pyrrole nitrogens is 1.